The Bertz CT molecular complexity index is 504. The number of nitrogens with zero attached hydrogens (tertiary/aromatic N) is 1. The Morgan fingerprint density at radius 2 is 2.10 bits per heavy atom. The molecule has 1 atom stereocenters. The molecule has 3 saturated heterocycles. The molecule has 3 aliphatic heterocycles. The van der Waals surface area contributed by atoms with E-state index in [2.05, 4.69) is 42.3 Å². The summed E-state index contributed by atoms with van der Waals surface area (Å²) in [5, 5.41) is 3.20. The van der Waals surface area contributed by atoms with Crippen LogP contribution in [0.2, 0.25) is 0 Å². The third-order valence-corrected chi connectivity index (χ3v) is 4.94. The number of hydrogen-bond acceptors (Lipinski definition) is 2. The molecule has 3 aliphatic rings. The van der Waals surface area contributed by atoms with Crippen LogP contribution in [0.1, 0.15) is 37.3 Å². The maximum Gasteiger partial charge on any atom is 0.241 e. The molecule has 3 fully saturated rings. The summed E-state index contributed by atoms with van der Waals surface area (Å²) in [5.41, 5.74) is 3.42. The summed E-state index contributed by atoms with van der Waals surface area (Å²) < 4.78 is 0. The van der Waals surface area contributed by atoms with E-state index in [1.54, 1.807) is 0 Å². The Hall–Kier alpha value is -1.35. The second-order valence-electron chi connectivity index (χ2n) is 6.18. The van der Waals surface area contributed by atoms with Gasteiger partial charge in [-0.05, 0) is 62.7 Å². The number of rotatable bonds is 3. The fourth-order valence-corrected chi connectivity index (χ4v) is 3.65. The molecule has 1 unspecified atom stereocenters. The van der Waals surface area contributed by atoms with Crippen LogP contribution in [0.4, 0.5) is 5.69 Å². The fraction of sp³-hybridized carbons (Fsp3) is 0.588. The van der Waals surface area contributed by atoms with Gasteiger partial charge in [-0.1, -0.05) is 25.1 Å². The Morgan fingerprint density at radius 3 is 2.70 bits per heavy atom. The summed E-state index contributed by atoms with van der Waals surface area (Å²) in [6.07, 6.45) is 4.54. The van der Waals surface area contributed by atoms with Gasteiger partial charge in [-0.25, -0.2) is 0 Å². The number of benzene rings is 1. The van der Waals surface area contributed by atoms with E-state index in [0.717, 1.165) is 43.1 Å². The number of piperidine rings is 3. The first-order valence-electron chi connectivity index (χ1n) is 7.82. The summed E-state index contributed by atoms with van der Waals surface area (Å²) >= 11 is 0. The minimum atomic E-state index is 0.0896. The summed E-state index contributed by atoms with van der Waals surface area (Å²) in [4.78, 5) is 15.0. The van der Waals surface area contributed by atoms with E-state index < -0.39 is 0 Å². The molecular weight excluding hydrogens is 248 g/mol. The molecule has 0 saturated carbocycles. The summed E-state index contributed by atoms with van der Waals surface area (Å²) in [5.74, 6) is 0.955. The van der Waals surface area contributed by atoms with Gasteiger partial charge in [0.15, 0.2) is 0 Å². The van der Waals surface area contributed by atoms with Crippen LogP contribution in [0.25, 0.3) is 0 Å². The Labute approximate surface area is 121 Å². The largest absolute Gasteiger partial charge is 0.324 e. The van der Waals surface area contributed by atoms with Crippen LogP contribution >= 0.6 is 0 Å². The average Bonchev–Trinajstić information content (AvgIpc) is 2.50. The Kier molecular flexibility index (Phi) is 3.79. The Balaban J connectivity index is 1.76. The number of hydrogen-bond donors (Lipinski definition) is 1. The van der Waals surface area contributed by atoms with Crippen molar-refractivity contribution in [3.63, 3.8) is 0 Å². The minimum Gasteiger partial charge on any atom is -0.324 e. The normalized spacial score (nSPS) is 28.4. The molecular formula is C17H24N2O. The van der Waals surface area contributed by atoms with Crippen LogP contribution in [0, 0.1) is 12.8 Å². The predicted octanol–water partition coefficient (Wildman–Crippen LogP) is 2.98. The quantitative estimate of drug-likeness (QED) is 0.917. The standard InChI is InChI=1S/C17H24N2O/c1-3-14-6-4-5-12(2)16(14)18-17(20)15-11-13-7-9-19(15)10-8-13/h4-6,13,15H,3,7-11H2,1-2H3,(H,18,20). The lowest BCUT2D eigenvalue weighted by atomic mass is 9.83. The molecule has 1 N–H and O–H groups in total. The molecule has 1 amide bonds. The van der Waals surface area contributed by atoms with Crippen molar-refractivity contribution in [3.8, 4) is 0 Å². The molecule has 0 aliphatic carbocycles. The molecule has 20 heavy (non-hydrogen) atoms. The predicted molar refractivity (Wildman–Crippen MR) is 81.9 cm³/mol. The highest BCUT2D eigenvalue weighted by atomic mass is 16.2. The van der Waals surface area contributed by atoms with E-state index in [0.29, 0.717) is 0 Å². The second-order valence-corrected chi connectivity index (χ2v) is 6.18. The maximum absolute atomic E-state index is 12.6. The van der Waals surface area contributed by atoms with Crippen molar-refractivity contribution < 1.29 is 4.79 Å². The molecule has 3 heteroatoms. The van der Waals surface area contributed by atoms with Crippen molar-refractivity contribution in [2.45, 2.75) is 45.6 Å². The third-order valence-electron chi connectivity index (χ3n) is 4.94. The van der Waals surface area contributed by atoms with Crippen molar-refractivity contribution >= 4 is 11.6 Å². The lowest BCUT2D eigenvalue weighted by molar-refractivity contribution is -0.125. The van der Waals surface area contributed by atoms with Crippen molar-refractivity contribution in [3.05, 3.63) is 29.3 Å². The minimum absolute atomic E-state index is 0.0896. The zero-order valence-electron chi connectivity index (χ0n) is 12.5. The molecule has 4 rings (SSSR count). The number of para-hydroxylation sites is 1. The van der Waals surface area contributed by atoms with Gasteiger partial charge in [-0.3, -0.25) is 9.69 Å². The zero-order chi connectivity index (χ0) is 14.1. The van der Waals surface area contributed by atoms with Gasteiger partial charge in [0.05, 0.1) is 6.04 Å². The monoisotopic (exact) mass is 272 g/mol. The second kappa shape index (κ2) is 5.57. The molecule has 0 radical (unpaired) electrons. The van der Waals surface area contributed by atoms with E-state index in [4.69, 9.17) is 0 Å². The van der Waals surface area contributed by atoms with Crippen LogP contribution in [-0.4, -0.2) is 29.9 Å². The SMILES string of the molecule is CCc1cccc(C)c1NC(=O)C1CC2CCN1CC2. The molecule has 0 aromatic heterocycles. The van der Waals surface area contributed by atoms with E-state index in [1.807, 2.05) is 0 Å². The van der Waals surface area contributed by atoms with Crippen LogP contribution < -0.4 is 5.32 Å². The van der Waals surface area contributed by atoms with Gasteiger partial charge < -0.3 is 5.32 Å². The zero-order valence-corrected chi connectivity index (χ0v) is 12.5. The summed E-state index contributed by atoms with van der Waals surface area (Å²) in [6.45, 7) is 6.40. The number of amides is 1. The van der Waals surface area contributed by atoms with Gasteiger partial charge in [0.25, 0.3) is 0 Å². The number of fused-ring (bicyclic) bond motifs is 3. The number of carbonyl (C=O) groups is 1. The highest BCUT2D eigenvalue weighted by Gasteiger charge is 2.37. The number of carbonyl (C=O) groups excluding carboxylic acids is 1. The van der Waals surface area contributed by atoms with E-state index >= 15 is 0 Å². The van der Waals surface area contributed by atoms with Crippen LogP contribution in [-0.2, 0) is 11.2 Å². The third kappa shape index (κ3) is 2.47. The van der Waals surface area contributed by atoms with Crippen LogP contribution in [0.3, 0.4) is 0 Å². The van der Waals surface area contributed by atoms with Gasteiger partial charge in [-0.2, -0.15) is 0 Å². The summed E-state index contributed by atoms with van der Waals surface area (Å²) in [6, 6.07) is 6.33. The average molecular weight is 272 g/mol. The van der Waals surface area contributed by atoms with Gasteiger partial charge in [-0.15, -0.1) is 0 Å². The molecule has 108 valence electrons. The molecule has 0 spiro atoms. The smallest absolute Gasteiger partial charge is 0.241 e. The van der Waals surface area contributed by atoms with E-state index in [9.17, 15) is 4.79 Å². The fourth-order valence-electron chi connectivity index (χ4n) is 3.65. The van der Waals surface area contributed by atoms with Crippen molar-refractivity contribution in [1.29, 1.82) is 0 Å². The number of nitrogens with one attached hydrogen (secondary N) is 1. The van der Waals surface area contributed by atoms with Crippen LogP contribution in [0.5, 0.6) is 0 Å². The van der Waals surface area contributed by atoms with Gasteiger partial charge in [0.2, 0.25) is 5.91 Å². The molecule has 1 aromatic carbocycles. The molecule has 3 heterocycles. The Morgan fingerprint density at radius 1 is 1.35 bits per heavy atom. The maximum atomic E-state index is 12.6. The lowest BCUT2D eigenvalue weighted by Crippen LogP contribution is -2.53. The van der Waals surface area contributed by atoms with Gasteiger partial charge in [0, 0.05) is 5.69 Å². The molecule has 1 aromatic rings. The highest BCUT2D eigenvalue weighted by Crippen LogP contribution is 2.32. The molecule has 3 nitrogen and oxygen atoms in total. The summed E-state index contributed by atoms with van der Waals surface area (Å²) in [7, 11) is 0. The first-order chi connectivity index (χ1) is 9.69. The van der Waals surface area contributed by atoms with Gasteiger partial charge in [0.1, 0.15) is 0 Å². The first-order valence-corrected chi connectivity index (χ1v) is 7.82. The highest BCUT2D eigenvalue weighted by molar-refractivity contribution is 5.96. The van der Waals surface area contributed by atoms with Crippen LogP contribution in [0.15, 0.2) is 18.2 Å². The topological polar surface area (TPSA) is 32.3 Å². The van der Waals surface area contributed by atoms with Crippen molar-refractivity contribution in [1.82, 2.24) is 4.90 Å². The number of anilines is 1. The number of aryl methyl sites for hydroxylation is 2. The van der Waals surface area contributed by atoms with E-state index in [-0.39, 0.29) is 11.9 Å². The van der Waals surface area contributed by atoms with Crippen molar-refractivity contribution in [2.75, 3.05) is 18.4 Å². The van der Waals surface area contributed by atoms with Gasteiger partial charge >= 0.3 is 0 Å². The van der Waals surface area contributed by atoms with Crippen molar-refractivity contribution in [2.24, 2.45) is 5.92 Å². The lowest BCUT2D eigenvalue weighted by Gasteiger charge is -2.44. The molecule has 2 bridgehead atoms. The van der Waals surface area contributed by atoms with E-state index in [1.165, 1.54) is 18.4 Å². The first kappa shape index (κ1) is 13.6.